The summed E-state index contributed by atoms with van der Waals surface area (Å²) in [6, 6.07) is 1.72. The summed E-state index contributed by atoms with van der Waals surface area (Å²) < 4.78 is 9.56. The van der Waals surface area contributed by atoms with Crippen molar-refractivity contribution in [2.75, 3.05) is 20.5 Å². The van der Waals surface area contributed by atoms with Gasteiger partial charge >= 0.3 is 0 Å². The van der Waals surface area contributed by atoms with Crippen molar-refractivity contribution in [3.8, 4) is 6.07 Å². The predicted molar refractivity (Wildman–Crippen MR) is 38.7 cm³/mol. The van der Waals surface area contributed by atoms with Crippen LogP contribution in [0.25, 0.3) is 0 Å². The van der Waals surface area contributed by atoms with E-state index in [-0.39, 0.29) is 6.79 Å². The molecule has 0 fully saturated rings. The molecule has 0 bridgehead atoms. The number of nitriles is 1. The molecule has 4 nitrogen and oxygen atoms in total. The zero-order valence-corrected chi connectivity index (χ0v) is 6.62. The highest BCUT2D eigenvalue weighted by Crippen LogP contribution is 1.95. The summed E-state index contributed by atoms with van der Waals surface area (Å²) >= 11 is 0. The van der Waals surface area contributed by atoms with Crippen molar-refractivity contribution < 1.29 is 14.6 Å². The lowest BCUT2D eigenvalue weighted by Crippen LogP contribution is -2.05. The van der Waals surface area contributed by atoms with Crippen LogP contribution in [-0.2, 0) is 9.47 Å². The molecule has 0 saturated carbocycles. The lowest BCUT2D eigenvalue weighted by Gasteiger charge is -2.02. The zero-order valence-electron chi connectivity index (χ0n) is 6.62. The molecule has 1 N–H and O–H groups in total. The molecule has 64 valence electrons. The van der Waals surface area contributed by atoms with E-state index in [9.17, 15) is 0 Å². The van der Waals surface area contributed by atoms with Crippen molar-refractivity contribution >= 4 is 0 Å². The molecule has 0 aliphatic carbocycles. The Bertz CT molecular complexity index is 121. The maximum absolute atomic E-state index is 8.77. The van der Waals surface area contributed by atoms with E-state index >= 15 is 0 Å². The first-order valence-electron chi connectivity index (χ1n) is 3.45. The van der Waals surface area contributed by atoms with Gasteiger partial charge in [-0.3, -0.25) is 0 Å². The number of rotatable bonds is 6. The molecule has 11 heavy (non-hydrogen) atoms. The zero-order chi connectivity index (χ0) is 8.53. The molecule has 0 heterocycles. The van der Waals surface area contributed by atoms with Gasteiger partial charge < -0.3 is 14.6 Å². The van der Waals surface area contributed by atoms with Gasteiger partial charge in [0.05, 0.1) is 6.07 Å². The molecule has 0 radical (unpaired) electrons. The van der Waals surface area contributed by atoms with E-state index < -0.39 is 6.10 Å². The third-order valence-corrected chi connectivity index (χ3v) is 1.12. The second-order valence-corrected chi connectivity index (χ2v) is 2.10. The number of aliphatic hydroxyl groups excluding tert-OH is 1. The highest BCUT2D eigenvalue weighted by atomic mass is 16.7. The van der Waals surface area contributed by atoms with Crippen molar-refractivity contribution in [2.24, 2.45) is 0 Å². The quantitative estimate of drug-likeness (QED) is 0.343. The molecule has 0 aliphatic heterocycles. The summed E-state index contributed by atoms with van der Waals surface area (Å²) in [5.74, 6) is 0. The molecule has 0 spiro atoms. The number of ether oxygens (including phenoxy) is 2. The minimum Gasteiger partial charge on any atom is -0.378 e. The normalized spacial score (nSPS) is 12.5. The average Bonchev–Trinajstić information content (AvgIpc) is 2.04. The fourth-order valence-corrected chi connectivity index (χ4v) is 0.586. The second-order valence-electron chi connectivity index (χ2n) is 2.10. The Labute approximate surface area is 66.3 Å². The SMILES string of the molecule is COCOCCC[C@@H](O)C#N. The molecule has 0 rings (SSSR count). The van der Waals surface area contributed by atoms with E-state index in [4.69, 9.17) is 15.1 Å². The van der Waals surface area contributed by atoms with E-state index in [0.717, 1.165) is 0 Å². The van der Waals surface area contributed by atoms with Gasteiger partial charge in [-0.15, -0.1) is 0 Å². The van der Waals surface area contributed by atoms with E-state index in [1.54, 1.807) is 13.2 Å². The third-order valence-electron chi connectivity index (χ3n) is 1.12. The van der Waals surface area contributed by atoms with Gasteiger partial charge in [0.1, 0.15) is 12.9 Å². The maximum Gasteiger partial charge on any atom is 0.146 e. The molecular formula is C7H13NO3. The topological polar surface area (TPSA) is 62.5 Å². The smallest absolute Gasteiger partial charge is 0.146 e. The standard InChI is InChI=1S/C7H13NO3/c1-10-6-11-4-2-3-7(9)5-8/h7,9H,2-4,6H2,1H3/t7-/m1/s1. The molecule has 0 aliphatic rings. The van der Waals surface area contributed by atoms with Gasteiger partial charge in [0.15, 0.2) is 0 Å². The van der Waals surface area contributed by atoms with E-state index in [1.807, 2.05) is 0 Å². The van der Waals surface area contributed by atoms with Crippen LogP contribution in [0.15, 0.2) is 0 Å². The summed E-state index contributed by atoms with van der Waals surface area (Å²) in [4.78, 5) is 0. The summed E-state index contributed by atoms with van der Waals surface area (Å²) in [5.41, 5.74) is 0. The number of hydrogen-bond donors (Lipinski definition) is 1. The van der Waals surface area contributed by atoms with Crippen LogP contribution in [0.5, 0.6) is 0 Å². The molecule has 0 saturated heterocycles. The Morgan fingerprint density at radius 3 is 2.91 bits per heavy atom. The summed E-state index contributed by atoms with van der Waals surface area (Å²) in [5, 5.41) is 16.9. The largest absolute Gasteiger partial charge is 0.378 e. The Morgan fingerprint density at radius 2 is 2.36 bits per heavy atom. The number of hydrogen-bond acceptors (Lipinski definition) is 4. The Hall–Kier alpha value is -0.630. The van der Waals surface area contributed by atoms with Gasteiger partial charge in [-0.25, -0.2) is 0 Å². The molecule has 1 atom stereocenters. The van der Waals surface area contributed by atoms with Gasteiger partial charge in [0.2, 0.25) is 0 Å². The first-order valence-corrected chi connectivity index (χ1v) is 3.45. The van der Waals surface area contributed by atoms with E-state index in [0.29, 0.717) is 19.4 Å². The first kappa shape index (κ1) is 10.4. The molecule has 0 aromatic heterocycles. The summed E-state index contributed by atoms with van der Waals surface area (Å²) in [6.45, 7) is 0.787. The predicted octanol–water partition coefficient (Wildman–Crippen LogP) is 0.272. The molecular weight excluding hydrogens is 146 g/mol. The summed E-state index contributed by atoms with van der Waals surface area (Å²) in [6.07, 6.45) is 0.277. The van der Waals surface area contributed by atoms with Crippen LogP contribution in [0.4, 0.5) is 0 Å². The number of methoxy groups -OCH3 is 1. The van der Waals surface area contributed by atoms with E-state index in [1.165, 1.54) is 0 Å². The van der Waals surface area contributed by atoms with Crippen molar-refractivity contribution in [2.45, 2.75) is 18.9 Å². The van der Waals surface area contributed by atoms with Crippen LogP contribution < -0.4 is 0 Å². The Morgan fingerprint density at radius 1 is 1.64 bits per heavy atom. The Balaban J connectivity index is 2.97. The van der Waals surface area contributed by atoms with Crippen molar-refractivity contribution in [1.82, 2.24) is 0 Å². The summed E-state index contributed by atoms with van der Waals surface area (Å²) in [7, 11) is 1.55. The van der Waals surface area contributed by atoms with Crippen molar-refractivity contribution in [1.29, 1.82) is 5.26 Å². The monoisotopic (exact) mass is 159 g/mol. The molecule has 0 unspecified atom stereocenters. The van der Waals surface area contributed by atoms with Gasteiger partial charge in [-0.05, 0) is 12.8 Å². The van der Waals surface area contributed by atoms with Crippen molar-refractivity contribution in [3.63, 3.8) is 0 Å². The average molecular weight is 159 g/mol. The molecule has 0 aromatic rings. The lowest BCUT2D eigenvalue weighted by atomic mass is 10.2. The van der Waals surface area contributed by atoms with Crippen LogP contribution in [0.3, 0.4) is 0 Å². The van der Waals surface area contributed by atoms with Gasteiger partial charge in [0, 0.05) is 13.7 Å². The third kappa shape index (κ3) is 7.26. The van der Waals surface area contributed by atoms with E-state index in [2.05, 4.69) is 4.74 Å². The fraction of sp³-hybridized carbons (Fsp3) is 0.857. The number of nitrogens with zero attached hydrogens (tertiary/aromatic N) is 1. The van der Waals surface area contributed by atoms with Crippen LogP contribution in [0.2, 0.25) is 0 Å². The van der Waals surface area contributed by atoms with Crippen molar-refractivity contribution in [3.05, 3.63) is 0 Å². The highest BCUT2D eigenvalue weighted by Gasteiger charge is 1.99. The fourth-order valence-electron chi connectivity index (χ4n) is 0.586. The molecule has 0 aromatic carbocycles. The lowest BCUT2D eigenvalue weighted by molar-refractivity contribution is -0.0329. The van der Waals surface area contributed by atoms with Gasteiger partial charge in [-0.2, -0.15) is 5.26 Å². The maximum atomic E-state index is 8.77. The van der Waals surface area contributed by atoms with Crippen LogP contribution in [0, 0.1) is 11.3 Å². The highest BCUT2D eigenvalue weighted by molar-refractivity contribution is 4.81. The van der Waals surface area contributed by atoms with Crippen LogP contribution >= 0.6 is 0 Å². The second kappa shape index (κ2) is 7.48. The van der Waals surface area contributed by atoms with Crippen LogP contribution in [-0.4, -0.2) is 31.7 Å². The first-order chi connectivity index (χ1) is 5.31. The number of aliphatic hydroxyl groups is 1. The minimum atomic E-state index is -0.860. The van der Waals surface area contributed by atoms with Gasteiger partial charge in [-0.1, -0.05) is 0 Å². The molecule has 4 heteroatoms. The van der Waals surface area contributed by atoms with Crippen LogP contribution in [0.1, 0.15) is 12.8 Å². The van der Waals surface area contributed by atoms with Gasteiger partial charge in [0.25, 0.3) is 0 Å². The minimum absolute atomic E-state index is 0.267. The molecule has 0 amide bonds. The Kier molecular flexibility index (Phi) is 7.05.